The summed E-state index contributed by atoms with van der Waals surface area (Å²) >= 11 is 0. The van der Waals surface area contributed by atoms with Crippen LogP contribution in [0.25, 0.3) is 22.4 Å². The van der Waals surface area contributed by atoms with E-state index in [1.54, 1.807) is 30.6 Å². The zero-order valence-electron chi connectivity index (χ0n) is 17.5. The predicted molar refractivity (Wildman–Crippen MR) is 120 cm³/mol. The van der Waals surface area contributed by atoms with Crippen LogP contribution in [0, 0.1) is 0 Å². The van der Waals surface area contributed by atoms with Gasteiger partial charge in [0, 0.05) is 35.6 Å². The first-order chi connectivity index (χ1) is 15.7. The summed E-state index contributed by atoms with van der Waals surface area (Å²) in [4.78, 5) is 19.8. The van der Waals surface area contributed by atoms with Gasteiger partial charge >= 0.3 is 0 Å². The number of H-pyrrole nitrogens is 1. The smallest absolute Gasteiger partial charge is 0.255 e. The van der Waals surface area contributed by atoms with Crippen molar-refractivity contribution in [2.75, 3.05) is 13.7 Å². The SMILES string of the molecule is COc1cccc(C(CO)N2Cc3c(cc(-c4cn[nH]c4)cc3-c3ccccn3)C2=O)c1. The lowest BCUT2D eigenvalue weighted by atomic mass is 9.95. The van der Waals surface area contributed by atoms with Crippen LogP contribution in [0.4, 0.5) is 0 Å². The van der Waals surface area contributed by atoms with Crippen LogP contribution < -0.4 is 4.74 Å². The highest BCUT2D eigenvalue weighted by Gasteiger charge is 2.35. The monoisotopic (exact) mass is 426 g/mol. The molecule has 1 aliphatic rings. The van der Waals surface area contributed by atoms with E-state index < -0.39 is 6.04 Å². The Bertz CT molecular complexity index is 1260. The quantitative estimate of drug-likeness (QED) is 0.489. The molecule has 0 spiro atoms. The molecule has 1 atom stereocenters. The third-order valence-electron chi connectivity index (χ3n) is 5.87. The Morgan fingerprint density at radius 3 is 2.72 bits per heavy atom. The second-order valence-electron chi connectivity index (χ2n) is 7.66. The number of hydrogen-bond acceptors (Lipinski definition) is 5. The molecule has 4 aromatic rings. The highest BCUT2D eigenvalue weighted by Crippen LogP contribution is 2.39. The van der Waals surface area contributed by atoms with Crippen molar-refractivity contribution in [3.8, 4) is 28.1 Å². The average Bonchev–Trinajstić information content (AvgIpc) is 3.49. The largest absolute Gasteiger partial charge is 0.497 e. The maximum absolute atomic E-state index is 13.6. The van der Waals surface area contributed by atoms with Crippen molar-refractivity contribution in [3.05, 3.63) is 89.9 Å². The maximum atomic E-state index is 13.6. The summed E-state index contributed by atoms with van der Waals surface area (Å²) in [6.07, 6.45) is 5.27. The number of carbonyl (C=O) groups excluding carboxylic acids is 1. The number of benzene rings is 2. The summed E-state index contributed by atoms with van der Waals surface area (Å²) in [6, 6.07) is 16.6. The first kappa shape index (κ1) is 20.0. The van der Waals surface area contributed by atoms with Gasteiger partial charge < -0.3 is 14.7 Å². The molecule has 0 saturated heterocycles. The normalized spacial score (nSPS) is 13.8. The molecule has 160 valence electrons. The van der Waals surface area contributed by atoms with Gasteiger partial charge in [-0.15, -0.1) is 0 Å². The topological polar surface area (TPSA) is 91.3 Å². The Hall–Kier alpha value is -3.97. The van der Waals surface area contributed by atoms with E-state index in [2.05, 4.69) is 15.2 Å². The molecule has 7 nitrogen and oxygen atoms in total. The Labute approximate surface area is 185 Å². The molecule has 32 heavy (non-hydrogen) atoms. The van der Waals surface area contributed by atoms with Gasteiger partial charge in [-0.2, -0.15) is 5.10 Å². The van der Waals surface area contributed by atoms with E-state index >= 15 is 0 Å². The molecule has 1 unspecified atom stereocenters. The molecule has 1 amide bonds. The number of aliphatic hydroxyl groups is 1. The van der Waals surface area contributed by atoms with Crippen LogP contribution in [-0.2, 0) is 6.54 Å². The van der Waals surface area contributed by atoms with Crippen LogP contribution in [0.5, 0.6) is 5.75 Å². The Morgan fingerprint density at radius 2 is 2.00 bits per heavy atom. The number of carbonyl (C=O) groups is 1. The van der Waals surface area contributed by atoms with Crippen molar-refractivity contribution < 1.29 is 14.6 Å². The van der Waals surface area contributed by atoms with E-state index in [4.69, 9.17) is 4.74 Å². The molecule has 7 heteroatoms. The Balaban J connectivity index is 1.61. The van der Waals surface area contributed by atoms with Crippen LogP contribution in [-0.4, -0.2) is 44.8 Å². The number of pyridine rings is 1. The maximum Gasteiger partial charge on any atom is 0.255 e. The number of nitrogens with zero attached hydrogens (tertiary/aromatic N) is 3. The second-order valence-corrected chi connectivity index (χ2v) is 7.66. The molecule has 0 saturated carbocycles. The molecule has 0 aliphatic carbocycles. The molecule has 0 bridgehead atoms. The van der Waals surface area contributed by atoms with E-state index in [1.807, 2.05) is 54.6 Å². The van der Waals surface area contributed by atoms with Gasteiger partial charge in [-0.1, -0.05) is 18.2 Å². The standard InChI is InChI=1S/C25H22N4O3/c1-32-19-6-4-5-16(9-19)24(15-30)29-14-22-20(23-7-2-3-8-26-23)10-17(11-21(22)25(29)31)18-12-27-28-13-18/h2-13,24,30H,14-15H2,1H3,(H,27,28). The lowest BCUT2D eigenvalue weighted by molar-refractivity contribution is 0.0615. The number of nitrogens with one attached hydrogen (secondary N) is 1. The lowest BCUT2D eigenvalue weighted by Gasteiger charge is -2.27. The molecule has 0 radical (unpaired) electrons. The first-order valence-corrected chi connectivity index (χ1v) is 10.3. The molecule has 2 aromatic heterocycles. The van der Waals surface area contributed by atoms with Gasteiger partial charge in [0.2, 0.25) is 0 Å². The third-order valence-corrected chi connectivity index (χ3v) is 5.87. The summed E-state index contributed by atoms with van der Waals surface area (Å²) in [5.41, 5.74) is 5.82. The number of hydrogen-bond donors (Lipinski definition) is 2. The second kappa shape index (κ2) is 8.28. The molecule has 5 rings (SSSR count). The number of rotatable bonds is 6. The van der Waals surface area contributed by atoms with Crippen molar-refractivity contribution in [1.82, 2.24) is 20.1 Å². The third kappa shape index (κ3) is 3.42. The van der Waals surface area contributed by atoms with Crippen molar-refractivity contribution >= 4 is 5.91 Å². The molecule has 2 aromatic carbocycles. The Kier molecular flexibility index (Phi) is 5.17. The predicted octanol–water partition coefficient (Wildman–Crippen LogP) is 3.84. The number of methoxy groups -OCH3 is 1. The molecular formula is C25H22N4O3. The van der Waals surface area contributed by atoms with E-state index in [-0.39, 0.29) is 12.5 Å². The summed E-state index contributed by atoms with van der Waals surface area (Å²) in [7, 11) is 1.60. The fourth-order valence-electron chi connectivity index (χ4n) is 4.24. The van der Waals surface area contributed by atoms with Crippen molar-refractivity contribution in [1.29, 1.82) is 0 Å². The van der Waals surface area contributed by atoms with Gasteiger partial charge in [0.1, 0.15) is 5.75 Å². The number of aromatic amines is 1. The summed E-state index contributed by atoms with van der Waals surface area (Å²) < 4.78 is 5.33. The van der Waals surface area contributed by atoms with E-state index in [9.17, 15) is 9.90 Å². The highest BCUT2D eigenvalue weighted by atomic mass is 16.5. The molecule has 0 fully saturated rings. The van der Waals surface area contributed by atoms with Gasteiger partial charge in [-0.3, -0.25) is 14.9 Å². The van der Waals surface area contributed by atoms with Crippen LogP contribution in [0.1, 0.15) is 27.5 Å². The first-order valence-electron chi connectivity index (χ1n) is 10.3. The number of ether oxygens (including phenoxy) is 1. The van der Waals surface area contributed by atoms with E-state index in [0.29, 0.717) is 17.9 Å². The minimum Gasteiger partial charge on any atom is -0.497 e. The van der Waals surface area contributed by atoms with Gasteiger partial charge in [0.05, 0.1) is 31.6 Å². The van der Waals surface area contributed by atoms with Gasteiger partial charge in [-0.25, -0.2) is 0 Å². The number of aromatic nitrogens is 3. The van der Waals surface area contributed by atoms with Gasteiger partial charge in [0.25, 0.3) is 5.91 Å². The number of amides is 1. The van der Waals surface area contributed by atoms with Crippen LogP contribution >= 0.6 is 0 Å². The van der Waals surface area contributed by atoms with Crippen molar-refractivity contribution in [2.24, 2.45) is 0 Å². The van der Waals surface area contributed by atoms with Crippen molar-refractivity contribution in [2.45, 2.75) is 12.6 Å². The van der Waals surface area contributed by atoms with Crippen LogP contribution in [0.15, 0.2) is 73.2 Å². The molecule has 3 heterocycles. The minimum absolute atomic E-state index is 0.121. The number of aliphatic hydroxyl groups excluding tert-OH is 1. The summed E-state index contributed by atoms with van der Waals surface area (Å²) in [5, 5.41) is 17.1. The van der Waals surface area contributed by atoms with Gasteiger partial charge in [-0.05, 0) is 53.1 Å². The lowest BCUT2D eigenvalue weighted by Crippen LogP contribution is -2.31. The highest BCUT2D eigenvalue weighted by molar-refractivity contribution is 6.02. The molecule has 1 aliphatic heterocycles. The zero-order chi connectivity index (χ0) is 22.1. The minimum atomic E-state index is -0.487. The summed E-state index contributed by atoms with van der Waals surface area (Å²) in [6.45, 7) is 0.189. The number of fused-ring (bicyclic) bond motifs is 1. The zero-order valence-corrected chi connectivity index (χ0v) is 17.5. The fourth-order valence-corrected chi connectivity index (χ4v) is 4.24. The van der Waals surface area contributed by atoms with E-state index in [1.165, 1.54) is 0 Å². The van der Waals surface area contributed by atoms with Crippen molar-refractivity contribution in [3.63, 3.8) is 0 Å². The van der Waals surface area contributed by atoms with E-state index in [0.717, 1.165) is 33.5 Å². The molecule has 2 N–H and O–H groups in total. The fraction of sp³-hybridized carbons (Fsp3) is 0.160. The average molecular weight is 426 g/mol. The molecular weight excluding hydrogens is 404 g/mol. The van der Waals surface area contributed by atoms with Crippen LogP contribution in [0.2, 0.25) is 0 Å². The van der Waals surface area contributed by atoms with Crippen LogP contribution in [0.3, 0.4) is 0 Å². The van der Waals surface area contributed by atoms with Gasteiger partial charge in [0.15, 0.2) is 0 Å². The Morgan fingerprint density at radius 1 is 1.12 bits per heavy atom. The summed E-state index contributed by atoms with van der Waals surface area (Å²) in [5.74, 6) is 0.561.